The maximum absolute atomic E-state index is 11.3. The van der Waals surface area contributed by atoms with Gasteiger partial charge < -0.3 is 10.2 Å². The van der Waals surface area contributed by atoms with Crippen molar-refractivity contribution >= 4 is 12.1 Å². The maximum atomic E-state index is 11.3. The summed E-state index contributed by atoms with van der Waals surface area (Å²) in [5, 5.41) is 2.61. The van der Waals surface area contributed by atoms with Crippen LogP contribution in [0.4, 0.5) is 0 Å². The smallest absolute Gasteiger partial charge is 0.248 e. The summed E-state index contributed by atoms with van der Waals surface area (Å²) in [7, 11) is 1.63. The first-order valence-corrected chi connectivity index (χ1v) is 4.63. The zero-order chi connectivity index (χ0) is 10.4. The molecule has 0 unspecified atom stereocenters. The summed E-state index contributed by atoms with van der Waals surface area (Å²) < 4.78 is 0. The summed E-state index contributed by atoms with van der Waals surface area (Å²) in [5.74, 6) is -0.0320. The van der Waals surface area contributed by atoms with Crippen LogP contribution >= 0.6 is 0 Å². The largest absolute Gasteiger partial charge is 0.355 e. The Kier molecular flexibility index (Phi) is 3.91. The van der Waals surface area contributed by atoms with Crippen molar-refractivity contribution in [1.82, 2.24) is 10.2 Å². The van der Waals surface area contributed by atoms with Crippen LogP contribution in [0.2, 0.25) is 0 Å². The van der Waals surface area contributed by atoms with E-state index in [1.165, 1.54) is 0 Å². The van der Waals surface area contributed by atoms with Crippen molar-refractivity contribution < 1.29 is 4.79 Å². The molecule has 14 heavy (non-hydrogen) atoms. The standard InChI is InChI=1S/C10H15N3O/c1-3-9(10(14)11-2)7-13-6-4-5-12-8-13/h4-7H,3,8H2,1-2H3,(H,11,14). The molecule has 0 saturated carbocycles. The average Bonchev–Trinajstić information content (AvgIpc) is 2.26. The second-order valence-corrected chi connectivity index (χ2v) is 2.92. The number of allylic oxidation sites excluding steroid dienone is 1. The van der Waals surface area contributed by atoms with E-state index in [2.05, 4.69) is 10.3 Å². The first-order chi connectivity index (χ1) is 6.77. The van der Waals surface area contributed by atoms with E-state index in [0.29, 0.717) is 13.1 Å². The Labute approximate surface area is 84.0 Å². The van der Waals surface area contributed by atoms with Gasteiger partial charge in [-0.25, -0.2) is 0 Å². The molecule has 1 rings (SSSR count). The monoisotopic (exact) mass is 193 g/mol. The molecule has 76 valence electrons. The number of rotatable bonds is 3. The molecule has 1 heterocycles. The molecule has 0 aromatic heterocycles. The number of nitrogens with one attached hydrogen (secondary N) is 1. The van der Waals surface area contributed by atoms with Crippen LogP contribution in [0.1, 0.15) is 13.3 Å². The van der Waals surface area contributed by atoms with Crippen molar-refractivity contribution in [2.24, 2.45) is 4.99 Å². The van der Waals surface area contributed by atoms with Gasteiger partial charge in [0.25, 0.3) is 0 Å². The van der Waals surface area contributed by atoms with Gasteiger partial charge in [-0.15, -0.1) is 0 Å². The lowest BCUT2D eigenvalue weighted by molar-refractivity contribution is -0.117. The van der Waals surface area contributed by atoms with Gasteiger partial charge in [-0.3, -0.25) is 9.79 Å². The minimum Gasteiger partial charge on any atom is -0.355 e. The van der Waals surface area contributed by atoms with Crippen LogP contribution in [-0.4, -0.2) is 30.7 Å². The fraction of sp³-hybridized carbons (Fsp3) is 0.400. The Morgan fingerprint density at radius 1 is 1.71 bits per heavy atom. The van der Waals surface area contributed by atoms with Gasteiger partial charge in [0.05, 0.1) is 0 Å². The molecule has 4 heteroatoms. The normalized spacial score (nSPS) is 15.9. The number of likely N-dealkylation sites (N-methyl/N-ethyl adjacent to an activating group) is 1. The van der Waals surface area contributed by atoms with Crippen LogP contribution in [-0.2, 0) is 4.79 Å². The molecular formula is C10H15N3O. The van der Waals surface area contributed by atoms with Crippen molar-refractivity contribution in [2.75, 3.05) is 13.7 Å². The first kappa shape index (κ1) is 10.5. The van der Waals surface area contributed by atoms with Gasteiger partial charge in [-0.2, -0.15) is 0 Å². The minimum atomic E-state index is -0.0320. The maximum Gasteiger partial charge on any atom is 0.248 e. The third-order valence-electron chi connectivity index (χ3n) is 1.94. The zero-order valence-electron chi connectivity index (χ0n) is 8.53. The molecule has 0 bridgehead atoms. The average molecular weight is 193 g/mol. The Morgan fingerprint density at radius 3 is 3.00 bits per heavy atom. The molecule has 0 aromatic carbocycles. The van der Waals surface area contributed by atoms with E-state index in [1.807, 2.05) is 30.3 Å². The molecule has 0 atom stereocenters. The molecule has 0 aromatic rings. The number of aliphatic imine (C=N–C) groups is 1. The van der Waals surface area contributed by atoms with E-state index in [1.54, 1.807) is 13.3 Å². The van der Waals surface area contributed by atoms with Crippen molar-refractivity contribution in [3.05, 3.63) is 24.0 Å². The molecule has 0 aliphatic carbocycles. The van der Waals surface area contributed by atoms with Crippen molar-refractivity contribution in [3.8, 4) is 0 Å². The van der Waals surface area contributed by atoms with E-state index < -0.39 is 0 Å². The quantitative estimate of drug-likeness (QED) is 0.676. The van der Waals surface area contributed by atoms with Gasteiger partial charge in [0.15, 0.2) is 0 Å². The summed E-state index contributed by atoms with van der Waals surface area (Å²) in [6.07, 6.45) is 8.03. The molecule has 0 saturated heterocycles. The van der Waals surface area contributed by atoms with Crippen LogP contribution in [0.3, 0.4) is 0 Å². The molecule has 1 aliphatic rings. The van der Waals surface area contributed by atoms with Gasteiger partial charge in [-0.1, -0.05) is 6.92 Å². The van der Waals surface area contributed by atoms with E-state index in [9.17, 15) is 4.79 Å². The van der Waals surface area contributed by atoms with Crippen LogP contribution in [0, 0.1) is 0 Å². The van der Waals surface area contributed by atoms with Crippen LogP contribution in [0.15, 0.2) is 29.0 Å². The molecule has 0 spiro atoms. The second kappa shape index (κ2) is 5.21. The minimum absolute atomic E-state index is 0.0320. The summed E-state index contributed by atoms with van der Waals surface area (Å²) in [5.41, 5.74) is 0.759. The van der Waals surface area contributed by atoms with Crippen molar-refractivity contribution in [3.63, 3.8) is 0 Å². The summed E-state index contributed by atoms with van der Waals surface area (Å²) in [6.45, 7) is 2.54. The highest BCUT2D eigenvalue weighted by molar-refractivity contribution is 5.93. The number of carbonyl (C=O) groups is 1. The number of carbonyl (C=O) groups excluding carboxylic acids is 1. The second-order valence-electron chi connectivity index (χ2n) is 2.92. The fourth-order valence-electron chi connectivity index (χ4n) is 1.15. The van der Waals surface area contributed by atoms with Gasteiger partial charge in [-0.05, 0) is 12.5 Å². The van der Waals surface area contributed by atoms with Gasteiger partial charge in [0, 0.05) is 31.2 Å². The van der Waals surface area contributed by atoms with Crippen LogP contribution in [0.5, 0.6) is 0 Å². The third kappa shape index (κ3) is 2.73. The lowest BCUT2D eigenvalue weighted by Gasteiger charge is -2.16. The molecule has 1 amide bonds. The molecule has 4 nitrogen and oxygen atoms in total. The molecular weight excluding hydrogens is 178 g/mol. The van der Waals surface area contributed by atoms with Crippen LogP contribution in [0.25, 0.3) is 0 Å². The zero-order valence-corrected chi connectivity index (χ0v) is 8.53. The molecule has 0 fully saturated rings. The summed E-state index contributed by atoms with van der Waals surface area (Å²) in [6, 6.07) is 0. The number of hydrogen-bond acceptors (Lipinski definition) is 3. The highest BCUT2D eigenvalue weighted by atomic mass is 16.1. The predicted molar refractivity (Wildman–Crippen MR) is 56.8 cm³/mol. The topological polar surface area (TPSA) is 44.7 Å². The van der Waals surface area contributed by atoms with Gasteiger partial charge in [0.1, 0.15) is 6.67 Å². The first-order valence-electron chi connectivity index (χ1n) is 4.63. The lowest BCUT2D eigenvalue weighted by atomic mass is 10.2. The number of amides is 1. The molecule has 1 aliphatic heterocycles. The molecule has 0 radical (unpaired) electrons. The molecule has 1 N–H and O–H groups in total. The summed E-state index contributed by atoms with van der Waals surface area (Å²) >= 11 is 0. The Morgan fingerprint density at radius 2 is 2.50 bits per heavy atom. The number of nitrogens with zero attached hydrogens (tertiary/aromatic N) is 2. The van der Waals surface area contributed by atoms with Gasteiger partial charge >= 0.3 is 0 Å². The van der Waals surface area contributed by atoms with E-state index >= 15 is 0 Å². The van der Waals surface area contributed by atoms with Crippen LogP contribution < -0.4 is 5.32 Å². The Bertz CT molecular complexity index is 292. The SMILES string of the molecule is CCC(=CN1C=CC=NC1)C(=O)NC. The Balaban J connectivity index is 2.68. The van der Waals surface area contributed by atoms with E-state index in [0.717, 1.165) is 5.57 Å². The van der Waals surface area contributed by atoms with Crippen molar-refractivity contribution in [2.45, 2.75) is 13.3 Å². The van der Waals surface area contributed by atoms with E-state index in [-0.39, 0.29) is 5.91 Å². The highest BCUT2D eigenvalue weighted by Crippen LogP contribution is 2.05. The van der Waals surface area contributed by atoms with Gasteiger partial charge in [0.2, 0.25) is 5.91 Å². The summed E-state index contributed by atoms with van der Waals surface area (Å²) in [4.78, 5) is 17.3. The third-order valence-corrected chi connectivity index (χ3v) is 1.94. The Hall–Kier alpha value is -1.58. The van der Waals surface area contributed by atoms with E-state index in [4.69, 9.17) is 0 Å². The number of hydrogen-bond donors (Lipinski definition) is 1. The lowest BCUT2D eigenvalue weighted by Crippen LogP contribution is -2.22. The van der Waals surface area contributed by atoms with Crippen molar-refractivity contribution in [1.29, 1.82) is 0 Å². The predicted octanol–water partition coefficient (Wildman–Crippen LogP) is 0.884. The fourth-order valence-corrected chi connectivity index (χ4v) is 1.15. The highest BCUT2D eigenvalue weighted by Gasteiger charge is 2.06.